The summed E-state index contributed by atoms with van der Waals surface area (Å²) < 4.78 is 0. The second-order valence-electron chi connectivity index (χ2n) is 4.48. The highest BCUT2D eigenvalue weighted by Gasteiger charge is 2.13. The Morgan fingerprint density at radius 3 is 2.21 bits per heavy atom. The van der Waals surface area contributed by atoms with Gasteiger partial charge in [0.15, 0.2) is 0 Å². The molecule has 0 heterocycles. The molecule has 0 N–H and O–H groups in total. The monoisotopic (exact) mass is 193 g/mol. The maximum absolute atomic E-state index is 5.67. The van der Waals surface area contributed by atoms with E-state index in [4.69, 9.17) is 4.84 Å². The van der Waals surface area contributed by atoms with Gasteiger partial charge in [-0.15, -0.1) is 0 Å². The SMILES string of the molecule is CN(Cc1ccccc1)OC(C)(C)C. The highest BCUT2D eigenvalue weighted by Crippen LogP contribution is 2.11. The van der Waals surface area contributed by atoms with E-state index < -0.39 is 0 Å². The number of nitrogens with zero attached hydrogens (tertiary/aromatic N) is 1. The molecule has 0 atom stereocenters. The molecule has 0 spiro atoms. The van der Waals surface area contributed by atoms with E-state index in [1.807, 2.05) is 30.3 Å². The summed E-state index contributed by atoms with van der Waals surface area (Å²) in [6, 6.07) is 10.3. The Balaban J connectivity index is 2.46. The van der Waals surface area contributed by atoms with E-state index in [9.17, 15) is 0 Å². The maximum Gasteiger partial charge on any atom is 0.0815 e. The van der Waals surface area contributed by atoms with Crippen LogP contribution in [0.5, 0.6) is 0 Å². The molecule has 0 unspecified atom stereocenters. The van der Waals surface area contributed by atoms with Crippen molar-refractivity contribution < 1.29 is 4.84 Å². The Morgan fingerprint density at radius 2 is 1.71 bits per heavy atom. The average Bonchev–Trinajstić information content (AvgIpc) is 2.02. The molecule has 0 aliphatic heterocycles. The lowest BCUT2D eigenvalue weighted by Gasteiger charge is -2.26. The Kier molecular flexibility index (Phi) is 3.67. The first-order chi connectivity index (χ1) is 6.47. The molecule has 2 heteroatoms. The highest BCUT2D eigenvalue weighted by molar-refractivity contribution is 5.13. The van der Waals surface area contributed by atoms with Gasteiger partial charge in [0, 0.05) is 13.6 Å². The lowest BCUT2D eigenvalue weighted by molar-refractivity contribution is -0.219. The van der Waals surface area contributed by atoms with Crippen molar-refractivity contribution in [3.8, 4) is 0 Å². The maximum atomic E-state index is 5.67. The van der Waals surface area contributed by atoms with Crippen molar-refractivity contribution in [1.29, 1.82) is 0 Å². The summed E-state index contributed by atoms with van der Waals surface area (Å²) >= 11 is 0. The zero-order valence-corrected chi connectivity index (χ0v) is 9.45. The Labute approximate surface area is 86.4 Å². The van der Waals surface area contributed by atoms with Gasteiger partial charge >= 0.3 is 0 Å². The molecule has 0 radical (unpaired) electrons. The summed E-state index contributed by atoms with van der Waals surface area (Å²) in [6.45, 7) is 6.97. The second-order valence-corrected chi connectivity index (χ2v) is 4.48. The van der Waals surface area contributed by atoms with Gasteiger partial charge < -0.3 is 0 Å². The lowest BCUT2D eigenvalue weighted by atomic mass is 10.2. The number of benzene rings is 1. The van der Waals surface area contributed by atoms with Gasteiger partial charge in [-0.2, -0.15) is 5.06 Å². The minimum absolute atomic E-state index is 0.121. The van der Waals surface area contributed by atoms with Crippen LogP contribution in [0, 0.1) is 0 Å². The molecule has 0 aromatic heterocycles. The van der Waals surface area contributed by atoms with Gasteiger partial charge in [-0.05, 0) is 26.3 Å². The largest absolute Gasteiger partial charge is 0.293 e. The van der Waals surface area contributed by atoms with Crippen LogP contribution in [0.25, 0.3) is 0 Å². The van der Waals surface area contributed by atoms with Crippen LogP contribution in [0.2, 0.25) is 0 Å². The van der Waals surface area contributed by atoms with Crippen LogP contribution >= 0.6 is 0 Å². The number of hydroxylamine groups is 2. The Bertz CT molecular complexity index is 263. The molecule has 1 aromatic carbocycles. The molecule has 0 bridgehead atoms. The molecule has 14 heavy (non-hydrogen) atoms. The van der Waals surface area contributed by atoms with Gasteiger partial charge in [-0.25, -0.2) is 0 Å². The lowest BCUT2D eigenvalue weighted by Crippen LogP contribution is -2.30. The van der Waals surface area contributed by atoms with E-state index in [-0.39, 0.29) is 5.60 Å². The van der Waals surface area contributed by atoms with Gasteiger partial charge in [0.25, 0.3) is 0 Å². The van der Waals surface area contributed by atoms with Gasteiger partial charge in [0.2, 0.25) is 0 Å². The first-order valence-corrected chi connectivity index (χ1v) is 4.91. The van der Waals surface area contributed by atoms with E-state index >= 15 is 0 Å². The van der Waals surface area contributed by atoms with Crippen LogP contribution in [0.3, 0.4) is 0 Å². The number of hydrogen-bond donors (Lipinski definition) is 0. The van der Waals surface area contributed by atoms with Crippen LogP contribution in [0.1, 0.15) is 26.3 Å². The zero-order valence-electron chi connectivity index (χ0n) is 9.45. The minimum Gasteiger partial charge on any atom is -0.293 e. The van der Waals surface area contributed by atoms with Crippen LogP contribution in [-0.4, -0.2) is 17.7 Å². The summed E-state index contributed by atoms with van der Waals surface area (Å²) in [5, 5.41) is 1.87. The van der Waals surface area contributed by atoms with Crippen molar-refractivity contribution in [1.82, 2.24) is 5.06 Å². The van der Waals surface area contributed by atoms with Crippen LogP contribution in [0.15, 0.2) is 30.3 Å². The van der Waals surface area contributed by atoms with E-state index in [2.05, 4.69) is 32.9 Å². The summed E-state index contributed by atoms with van der Waals surface area (Å²) in [5.41, 5.74) is 1.14. The average molecular weight is 193 g/mol. The van der Waals surface area contributed by atoms with E-state index in [1.54, 1.807) is 0 Å². The Hall–Kier alpha value is -0.860. The first-order valence-electron chi connectivity index (χ1n) is 4.91. The van der Waals surface area contributed by atoms with E-state index in [0.717, 1.165) is 6.54 Å². The number of hydrogen-bond acceptors (Lipinski definition) is 2. The zero-order chi connectivity index (χ0) is 10.6. The molecular formula is C12H19NO. The summed E-state index contributed by atoms with van der Waals surface area (Å²) in [6.07, 6.45) is 0. The third-order valence-electron chi connectivity index (χ3n) is 1.68. The Morgan fingerprint density at radius 1 is 1.14 bits per heavy atom. The summed E-state index contributed by atoms with van der Waals surface area (Å²) in [7, 11) is 1.96. The third kappa shape index (κ3) is 4.40. The van der Waals surface area contributed by atoms with Crippen LogP contribution < -0.4 is 0 Å². The van der Waals surface area contributed by atoms with Crippen molar-refractivity contribution in [2.45, 2.75) is 32.9 Å². The molecule has 1 aromatic rings. The molecule has 0 aliphatic carbocycles. The third-order valence-corrected chi connectivity index (χ3v) is 1.68. The van der Waals surface area contributed by atoms with Crippen LogP contribution in [0.4, 0.5) is 0 Å². The van der Waals surface area contributed by atoms with Crippen molar-refractivity contribution in [3.63, 3.8) is 0 Å². The molecule has 0 amide bonds. The van der Waals surface area contributed by atoms with E-state index in [0.29, 0.717) is 0 Å². The molecule has 0 saturated heterocycles. The van der Waals surface area contributed by atoms with Crippen molar-refractivity contribution in [2.24, 2.45) is 0 Å². The molecule has 0 saturated carbocycles. The highest BCUT2D eigenvalue weighted by atomic mass is 16.7. The quantitative estimate of drug-likeness (QED) is 0.684. The van der Waals surface area contributed by atoms with Gasteiger partial charge in [-0.1, -0.05) is 30.3 Å². The number of rotatable bonds is 3. The normalized spacial score (nSPS) is 12.1. The smallest absolute Gasteiger partial charge is 0.0815 e. The van der Waals surface area contributed by atoms with Gasteiger partial charge in [-0.3, -0.25) is 4.84 Å². The van der Waals surface area contributed by atoms with Crippen molar-refractivity contribution in [3.05, 3.63) is 35.9 Å². The fourth-order valence-electron chi connectivity index (χ4n) is 1.34. The minimum atomic E-state index is -0.121. The van der Waals surface area contributed by atoms with Crippen molar-refractivity contribution in [2.75, 3.05) is 7.05 Å². The molecule has 78 valence electrons. The summed E-state index contributed by atoms with van der Waals surface area (Å²) in [4.78, 5) is 5.67. The molecule has 0 aliphatic rings. The van der Waals surface area contributed by atoms with Crippen LogP contribution in [-0.2, 0) is 11.4 Å². The van der Waals surface area contributed by atoms with Gasteiger partial charge in [0.05, 0.1) is 5.60 Å². The molecule has 0 fully saturated rings. The molecule has 1 rings (SSSR count). The standard InChI is InChI=1S/C12H19NO/c1-12(2,3)14-13(4)10-11-8-6-5-7-9-11/h5-9H,10H2,1-4H3. The molecular weight excluding hydrogens is 174 g/mol. The summed E-state index contributed by atoms with van der Waals surface area (Å²) in [5.74, 6) is 0. The van der Waals surface area contributed by atoms with Crippen molar-refractivity contribution >= 4 is 0 Å². The van der Waals surface area contributed by atoms with Gasteiger partial charge in [0.1, 0.15) is 0 Å². The predicted molar refractivity (Wildman–Crippen MR) is 58.7 cm³/mol. The fourth-order valence-corrected chi connectivity index (χ4v) is 1.34. The first kappa shape index (κ1) is 11.2. The predicted octanol–water partition coefficient (Wildman–Crippen LogP) is 2.85. The topological polar surface area (TPSA) is 12.5 Å². The fraction of sp³-hybridized carbons (Fsp3) is 0.500. The molecule has 2 nitrogen and oxygen atoms in total. The second kappa shape index (κ2) is 4.58. The van der Waals surface area contributed by atoms with E-state index in [1.165, 1.54) is 5.56 Å².